The summed E-state index contributed by atoms with van der Waals surface area (Å²) in [6.45, 7) is 8.11. The summed E-state index contributed by atoms with van der Waals surface area (Å²) < 4.78 is 2.11. The minimum atomic E-state index is 0.143. The van der Waals surface area contributed by atoms with Crippen molar-refractivity contribution in [3.05, 3.63) is 48.3 Å². The number of rotatable bonds is 4. The van der Waals surface area contributed by atoms with E-state index in [0.717, 1.165) is 18.9 Å². The van der Waals surface area contributed by atoms with Crippen molar-refractivity contribution in [1.29, 1.82) is 0 Å². The first-order chi connectivity index (χ1) is 8.53. The zero-order chi connectivity index (χ0) is 13.0. The molecule has 2 aromatic rings. The molecule has 0 aromatic carbocycles. The molecule has 0 bridgehead atoms. The highest BCUT2D eigenvalue weighted by Crippen LogP contribution is 2.06. The maximum absolute atomic E-state index is 4.22. The summed E-state index contributed by atoms with van der Waals surface area (Å²) in [5.41, 5.74) is 1.42. The van der Waals surface area contributed by atoms with E-state index in [1.807, 2.05) is 6.07 Å². The molecular weight excluding hydrogens is 224 g/mol. The molecule has 0 saturated carbocycles. The van der Waals surface area contributed by atoms with Crippen LogP contribution in [-0.2, 0) is 13.1 Å². The van der Waals surface area contributed by atoms with Crippen LogP contribution < -0.4 is 5.32 Å². The summed E-state index contributed by atoms with van der Waals surface area (Å²) in [4.78, 5) is 8.44. The third kappa shape index (κ3) is 3.96. The maximum Gasteiger partial charge on any atom is 0.147 e. The zero-order valence-corrected chi connectivity index (χ0v) is 11.2. The fourth-order valence-electron chi connectivity index (χ4n) is 1.64. The van der Waals surface area contributed by atoms with Crippen molar-refractivity contribution >= 4 is 0 Å². The Morgan fingerprint density at radius 3 is 2.61 bits per heavy atom. The highest BCUT2D eigenvalue weighted by atomic mass is 15.0. The monoisotopic (exact) mass is 244 g/mol. The van der Waals surface area contributed by atoms with Gasteiger partial charge in [0.25, 0.3) is 0 Å². The molecule has 0 radical (unpaired) electrons. The van der Waals surface area contributed by atoms with Crippen LogP contribution in [0.1, 0.15) is 32.2 Å². The summed E-state index contributed by atoms with van der Waals surface area (Å²) >= 11 is 0. The molecule has 2 aromatic heterocycles. The first kappa shape index (κ1) is 12.8. The van der Waals surface area contributed by atoms with E-state index in [-0.39, 0.29) is 5.54 Å². The van der Waals surface area contributed by atoms with E-state index in [1.54, 1.807) is 12.4 Å². The van der Waals surface area contributed by atoms with Crippen LogP contribution in [0.25, 0.3) is 0 Å². The maximum atomic E-state index is 4.22. The third-order valence-electron chi connectivity index (χ3n) is 2.58. The van der Waals surface area contributed by atoms with Gasteiger partial charge in [-0.15, -0.1) is 0 Å². The number of hydrogen-bond acceptors (Lipinski definition) is 3. The summed E-state index contributed by atoms with van der Waals surface area (Å²) in [6, 6.07) is 3.96. The van der Waals surface area contributed by atoms with Crippen molar-refractivity contribution in [1.82, 2.24) is 19.9 Å². The van der Waals surface area contributed by atoms with Crippen LogP contribution in [0.4, 0.5) is 0 Å². The highest BCUT2D eigenvalue weighted by Gasteiger charge is 2.08. The molecule has 0 amide bonds. The van der Waals surface area contributed by atoms with Gasteiger partial charge in [-0.2, -0.15) is 0 Å². The summed E-state index contributed by atoms with van der Waals surface area (Å²) in [6.07, 6.45) is 7.74. The van der Waals surface area contributed by atoms with E-state index in [9.17, 15) is 0 Å². The van der Waals surface area contributed by atoms with Gasteiger partial charge in [-0.25, -0.2) is 9.97 Å². The molecule has 96 valence electrons. The number of nitrogens with zero attached hydrogens (tertiary/aromatic N) is 3. The van der Waals surface area contributed by atoms with Crippen molar-refractivity contribution in [2.45, 2.75) is 39.4 Å². The van der Waals surface area contributed by atoms with Crippen molar-refractivity contribution in [3.63, 3.8) is 0 Å². The SMILES string of the molecule is CC(C)(C)NCc1ccn(Cc2ncccn2)c1. The van der Waals surface area contributed by atoms with Crippen LogP contribution >= 0.6 is 0 Å². The molecule has 0 saturated heterocycles. The second-order valence-electron chi connectivity index (χ2n) is 5.46. The van der Waals surface area contributed by atoms with Gasteiger partial charge in [0, 0.05) is 36.9 Å². The van der Waals surface area contributed by atoms with Gasteiger partial charge in [0.2, 0.25) is 0 Å². The molecule has 0 aliphatic rings. The molecule has 0 atom stereocenters. The van der Waals surface area contributed by atoms with Crippen molar-refractivity contribution in [2.24, 2.45) is 0 Å². The lowest BCUT2D eigenvalue weighted by atomic mass is 10.1. The standard InChI is InChI=1S/C14H20N4/c1-14(2,3)17-9-12-5-8-18(10-12)11-13-15-6-4-7-16-13/h4-8,10,17H,9,11H2,1-3H3. The van der Waals surface area contributed by atoms with Crippen LogP contribution in [0.2, 0.25) is 0 Å². The molecule has 2 heterocycles. The second-order valence-corrected chi connectivity index (χ2v) is 5.46. The topological polar surface area (TPSA) is 42.7 Å². The molecule has 4 heteroatoms. The Labute approximate surface area is 108 Å². The van der Waals surface area contributed by atoms with Crippen LogP contribution in [0.15, 0.2) is 36.9 Å². The third-order valence-corrected chi connectivity index (χ3v) is 2.58. The minimum Gasteiger partial charge on any atom is -0.346 e. The lowest BCUT2D eigenvalue weighted by Crippen LogP contribution is -2.34. The van der Waals surface area contributed by atoms with Crippen molar-refractivity contribution in [2.75, 3.05) is 0 Å². The van der Waals surface area contributed by atoms with E-state index in [1.165, 1.54) is 5.56 Å². The van der Waals surface area contributed by atoms with E-state index < -0.39 is 0 Å². The molecule has 0 spiro atoms. The molecule has 18 heavy (non-hydrogen) atoms. The van der Waals surface area contributed by atoms with E-state index in [2.05, 4.69) is 59.1 Å². The van der Waals surface area contributed by atoms with E-state index in [0.29, 0.717) is 0 Å². The van der Waals surface area contributed by atoms with Crippen LogP contribution in [0.3, 0.4) is 0 Å². The summed E-state index contributed by atoms with van der Waals surface area (Å²) in [5.74, 6) is 0.837. The normalized spacial score (nSPS) is 11.7. The minimum absolute atomic E-state index is 0.143. The molecule has 0 unspecified atom stereocenters. The van der Waals surface area contributed by atoms with Crippen molar-refractivity contribution in [3.8, 4) is 0 Å². The molecule has 0 aliphatic carbocycles. The highest BCUT2D eigenvalue weighted by molar-refractivity contribution is 5.11. The average Bonchev–Trinajstić information content (AvgIpc) is 2.75. The Kier molecular flexibility index (Phi) is 3.77. The predicted octanol–water partition coefficient (Wildman–Crippen LogP) is 2.21. The lowest BCUT2D eigenvalue weighted by molar-refractivity contribution is 0.424. The van der Waals surface area contributed by atoms with E-state index >= 15 is 0 Å². The predicted molar refractivity (Wildman–Crippen MR) is 72.2 cm³/mol. The quantitative estimate of drug-likeness (QED) is 0.896. The summed E-state index contributed by atoms with van der Waals surface area (Å²) in [5, 5.41) is 3.47. The number of aromatic nitrogens is 3. The molecule has 2 rings (SSSR count). The largest absolute Gasteiger partial charge is 0.346 e. The number of nitrogens with one attached hydrogen (secondary N) is 1. The Hall–Kier alpha value is -1.68. The van der Waals surface area contributed by atoms with Gasteiger partial charge in [0.05, 0.1) is 6.54 Å². The fraction of sp³-hybridized carbons (Fsp3) is 0.429. The van der Waals surface area contributed by atoms with E-state index in [4.69, 9.17) is 0 Å². The van der Waals surface area contributed by atoms with Gasteiger partial charge >= 0.3 is 0 Å². The van der Waals surface area contributed by atoms with Crippen molar-refractivity contribution < 1.29 is 0 Å². The van der Waals surface area contributed by atoms with Gasteiger partial charge in [-0.1, -0.05) is 0 Å². The fourth-order valence-corrected chi connectivity index (χ4v) is 1.64. The molecule has 4 nitrogen and oxygen atoms in total. The molecule has 1 N–H and O–H groups in total. The Morgan fingerprint density at radius 1 is 1.22 bits per heavy atom. The molecule has 0 aliphatic heterocycles. The van der Waals surface area contributed by atoms with Gasteiger partial charge in [0.1, 0.15) is 5.82 Å². The molecule has 0 fully saturated rings. The second kappa shape index (κ2) is 5.31. The Bertz CT molecular complexity index is 482. The summed E-state index contributed by atoms with van der Waals surface area (Å²) in [7, 11) is 0. The zero-order valence-electron chi connectivity index (χ0n) is 11.2. The smallest absolute Gasteiger partial charge is 0.147 e. The average molecular weight is 244 g/mol. The van der Waals surface area contributed by atoms with Gasteiger partial charge in [-0.05, 0) is 38.5 Å². The first-order valence-corrected chi connectivity index (χ1v) is 6.18. The first-order valence-electron chi connectivity index (χ1n) is 6.18. The molecular formula is C14H20N4. The van der Waals surface area contributed by atoms with Gasteiger partial charge in [-0.3, -0.25) is 0 Å². The van der Waals surface area contributed by atoms with Gasteiger partial charge in [0.15, 0.2) is 0 Å². The van der Waals surface area contributed by atoms with Crippen LogP contribution in [-0.4, -0.2) is 20.1 Å². The Balaban J connectivity index is 1.94. The van der Waals surface area contributed by atoms with Crippen LogP contribution in [0, 0.1) is 0 Å². The van der Waals surface area contributed by atoms with Crippen LogP contribution in [0.5, 0.6) is 0 Å². The lowest BCUT2D eigenvalue weighted by Gasteiger charge is -2.19. The Morgan fingerprint density at radius 2 is 1.94 bits per heavy atom. The van der Waals surface area contributed by atoms with Gasteiger partial charge < -0.3 is 9.88 Å². The number of hydrogen-bond donors (Lipinski definition) is 1.